The topological polar surface area (TPSA) is 102 Å². The maximum absolute atomic E-state index is 11.8. The highest BCUT2D eigenvalue weighted by Crippen LogP contribution is 2.47. The minimum atomic E-state index is -1.12. The highest BCUT2D eigenvalue weighted by atomic mass is 16.6. The van der Waals surface area contributed by atoms with Gasteiger partial charge < -0.3 is 29.1 Å². The molecule has 0 spiro atoms. The lowest BCUT2D eigenvalue weighted by Gasteiger charge is -2.17. The van der Waals surface area contributed by atoms with Gasteiger partial charge in [0.25, 0.3) is 0 Å². The minimum absolute atomic E-state index is 0.00751. The number of aromatic amines is 1. The summed E-state index contributed by atoms with van der Waals surface area (Å²) in [7, 11) is 5.91. The summed E-state index contributed by atoms with van der Waals surface area (Å²) in [4.78, 5) is 19.4. The van der Waals surface area contributed by atoms with Crippen molar-refractivity contribution in [2.75, 3.05) is 28.4 Å². The van der Waals surface area contributed by atoms with E-state index in [1.165, 1.54) is 34.7 Å². The van der Waals surface area contributed by atoms with E-state index >= 15 is 0 Å². The summed E-state index contributed by atoms with van der Waals surface area (Å²) in [6.07, 6.45) is 1.39. The number of ether oxygens (including phenoxy) is 3. The Morgan fingerprint density at radius 3 is 2.30 bits per heavy atom. The van der Waals surface area contributed by atoms with E-state index in [0.717, 1.165) is 0 Å². The van der Waals surface area contributed by atoms with Gasteiger partial charge in [-0.05, 0) is 24.6 Å². The molecule has 0 amide bonds. The summed E-state index contributed by atoms with van der Waals surface area (Å²) in [5.74, 6) is 0.141. The lowest BCUT2D eigenvalue weighted by atomic mass is 9.95. The van der Waals surface area contributed by atoms with Crippen molar-refractivity contribution in [3.8, 4) is 28.4 Å². The van der Waals surface area contributed by atoms with Crippen LogP contribution in [0.2, 0.25) is 0 Å². The van der Waals surface area contributed by atoms with Crippen molar-refractivity contribution in [1.29, 1.82) is 0 Å². The van der Waals surface area contributed by atoms with E-state index in [9.17, 15) is 9.90 Å². The summed E-state index contributed by atoms with van der Waals surface area (Å²) < 4.78 is 16.3. The van der Waals surface area contributed by atoms with Crippen LogP contribution in [0.1, 0.15) is 28.7 Å². The Bertz CT molecular complexity index is 898. The minimum Gasteiger partial charge on any atom is -0.493 e. The number of nitrogens with zero attached hydrogens (tertiary/aromatic N) is 1. The van der Waals surface area contributed by atoms with E-state index in [0.29, 0.717) is 45.2 Å². The second-order valence-electron chi connectivity index (χ2n) is 5.55. The number of aromatic carboxylic acids is 1. The van der Waals surface area contributed by atoms with Gasteiger partial charge in [-0.1, -0.05) is 11.7 Å². The van der Waals surface area contributed by atoms with Crippen LogP contribution < -0.4 is 14.2 Å². The molecule has 0 saturated carbocycles. The molecule has 1 aromatic carbocycles. The molecule has 1 heterocycles. The Hall–Kier alpha value is -3.42. The number of allylic oxidation sites excluding steroid dienone is 1. The fraction of sp³-hybridized carbons (Fsp3) is 0.263. The number of hydrogen-bond donors (Lipinski definition) is 2. The Balaban J connectivity index is 2.94. The van der Waals surface area contributed by atoms with Gasteiger partial charge in [0.15, 0.2) is 11.5 Å². The predicted octanol–water partition coefficient (Wildman–Crippen LogP) is 3.42. The molecule has 0 bridgehead atoms. The smallest absolute Gasteiger partial charge is 0.352 e. The molecule has 1 aromatic heterocycles. The highest BCUT2D eigenvalue weighted by molar-refractivity contribution is 6.04. The number of rotatable bonds is 8. The molecule has 0 unspecified atom stereocenters. The number of aromatic nitrogens is 1. The zero-order valence-corrected chi connectivity index (χ0v) is 15.9. The van der Waals surface area contributed by atoms with Crippen molar-refractivity contribution in [1.82, 2.24) is 4.98 Å². The first kappa shape index (κ1) is 19.9. The van der Waals surface area contributed by atoms with Crippen molar-refractivity contribution in [2.45, 2.75) is 6.92 Å². The largest absolute Gasteiger partial charge is 0.493 e. The molecule has 0 saturated heterocycles. The van der Waals surface area contributed by atoms with Crippen molar-refractivity contribution < 1.29 is 28.9 Å². The highest BCUT2D eigenvalue weighted by Gasteiger charge is 2.27. The van der Waals surface area contributed by atoms with Gasteiger partial charge in [0, 0.05) is 16.7 Å². The quantitative estimate of drug-likeness (QED) is 0.542. The van der Waals surface area contributed by atoms with Crippen LogP contribution in [0.5, 0.6) is 17.2 Å². The van der Waals surface area contributed by atoms with Crippen LogP contribution in [-0.2, 0) is 4.84 Å². The number of H-pyrrole nitrogens is 1. The average Bonchev–Trinajstić information content (AvgIpc) is 3.04. The molecule has 8 heteroatoms. The van der Waals surface area contributed by atoms with Gasteiger partial charge in [0.05, 0.1) is 33.2 Å². The second-order valence-corrected chi connectivity index (χ2v) is 5.55. The van der Waals surface area contributed by atoms with Gasteiger partial charge in [0.1, 0.15) is 12.8 Å². The summed E-state index contributed by atoms with van der Waals surface area (Å²) in [5.41, 5.74) is 2.57. The van der Waals surface area contributed by atoms with Gasteiger partial charge in [-0.25, -0.2) is 4.79 Å². The first-order valence-electron chi connectivity index (χ1n) is 7.92. The van der Waals surface area contributed by atoms with Crippen LogP contribution in [0.15, 0.2) is 23.9 Å². The summed E-state index contributed by atoms with van der Waals surface area (Å²) in [5, 5.41) is 13.4. The average molecular weight is 374 g/mol. The Kier molecular flexibility index (Phi) is 6.12. The monoisotopic (exact) mass is 374 g/mol. The number of carboxylic acid groups (broad SMARTS) is 1. The van der Waals surface area contributed by atoms with E-state index in [2.05, 4.69) is 16.7 Å². The molecule has 8 nitrogen and oxygen atoms in total. The third kappa shape index (κ3) is 3.59. The van der Waals surface area contributed by atoms with Crippen molar-refractivity contribution >= 4 is 17.8 Å². The van der Waals surface area contributed by atoms with Crippen LogP contribution in [-0.4, -0.2) is 50.7 Å². The zero-order valence-electron chi connectivity index (χ0n) is 15.9. The second kappa shape index (κ2) is 8.31. The van der Waals surface area contributed by atoms with Gasteiger partial charge >= 0.3 is 5.97 Å². The fourth-order valence-corrected chi connectivity index (χ4v) is 2.89. The maximum atomic E-state index is 11.8. The number of benzene rings is 1. The van der Waals surface area contributed by atoms with E-state index in [1.54, 1.807) is 19.1 Å². The molecule has 0 aliphatic rings. The number of nitrogens with one attached hydrogen (secondary N) is 1. The third-order valence-electron chi connectivity index (χ3n) is 3.93. The first-order chi connectivity index (χ1) is 12.9. The van der Waals surface area contributed by atoms with Crippen LogP contribution in [0, 0.1) is 0 Å². The maximum Gasteiger partial charge on any atom is 0.352 e. The van der Waals surface area contributed by atoms with Gasteiger partial charge in [-0.15, -0.1) is 0 Å². The SMILES string of the molecule is C=C(C)c1c(C(=O)O)[nH]c(C=NOC)c1-c1ccc(OC)c(OC)c1OC. The van der Waals surface area contributed by atoms with Crippen LogP contribution in [0.25, 0.3) is 16.7 Å². The van der Waals surface area contributed by atoms with Crippen LogP contribution in [0.3, 0.4) is 0 Å². The van der Waals surface area contributed by atoms with Crippen molar-refractivity contribution in [3.63, 3.8) is 0 Å². The lowest BCUT2D eigenvalue weighted by Crippen LogP contribution is -2.01. The molecular weight excluding hydrogens is 352 g/mol. The number of methoxy groups -OCH3 is 3. The molecular formula is C19H22N2O6. The van der Waals surface area contributed by atoms with E-state index < -0.39 is 5.97 Å². The van der Waals surface area contributed by atoms with Crippen LogP contribution in [0.4, 0.5) is 0 Å². The molecule has 2 aromatic rings. The summed E-state index contributed by atoms with van der Waals surface area (Å²) in [6, 6.07) is 3.47. The molecule has 0 radical (unpaired) electrons. The number of carbonyl (C=O) groups is 1. The molecule has 144 valence electrons. The molecule has 0 aliphatic carbocycles. The molecule has 0 aliphatic heterocycles. The normalized spacial score (nSPS) is 10.7. The standard InChI is InChI=1S/C19H22N2O6/c1-10(2)14-15(12(9-20-27-6)21-16(14)19(22)23)11-7-8-13(24-3)18(26-5)17(11)25-4/h7-9,21H,1H2,2-6H3,(H,22,23). The van der Waals surface area contributed by atoms with Crippen molar-refractivity contribution in [3.05, 3.63) is 35.7 Å². The van der Waals surface area contributed by atoms with E-state index in [1.807, 2.05) is 0 Å². The zero-order chi connectivity index (χ0) is 20.1. The van der Waals surface area contributed by atoms with Gasteiger partial charge in [-0.3, -0.25) is 0 Å². The van der Waals surface area contributed by atoms with Gasteiger partial charge in [0.2, 0.25) is 5.75 Å². The van der Waals surface area contributed by atoms with Crippen LogP contribution >= 0.6 is 0 Å². The molecule has 0 fully saturated rings. The Labute approximate surface area is 157 Å². The number of hydrogen-bond acceptors (Lipinski definition) is 6. The predicted molar refractivity (Wildman–Crippen MR) is 102 cm³/mol. The van der Waals surface area contributed by atoms with Gasteiger partial charge in [-0.2, -0.15) is 0 Å². The first-order valence-corrected chi connectivity index (χ1v) is 7.92. The summed E-state index contributed by atoms with van der Waals surface area (Å²) >= 11 is 0. The third-order valence-corrected chi connectivity index (χ3v) is 3.93. The molecule has 2 rings (SSSR count). The molecule has 0 atom stereocenters. The molecule has 27 heavy (non-hydrogen) atoms. The van der Waals surface area contributed by atoms with E-state index in [4.69, 9.17) is 19.0 Å². The molecule has 2 N–H and O–H groups in total. The fourth-order valence-electron chi connectivity index (χ4n) is 2.89. The van der Waals surface area contributed by atoms with E-state index in [-0.39, 0.29) is 5.69 Å². The van der Waals surface area contributed by atoms with Crippen molar-refractivity contribution in [2.24, 2.45) is 5.16 Å². The summed E-state index contributed by atoms with van der Waals surface area (Å²) in [6.45, 7) is 5.65. The number of carboxylic acids is 1. The Morgan fingerprint density at radius 1 is 1.15 bits per heavy atom. The Morgan fingerprint density at radius 2 is 1.81 bits per heavy atom. The lowest BCUT2D eigenvalue weighted by molar-refractivity contribution is 0.0691. The number of oxime groups is 1.